The first-order valence-electron chi connectivity index (χ1n) is 12.2. The molecule has 1 amide bonds. The number of rotatable bonds is 8. The second kappa shape index (κ2) is 10.8. The number of benzene rings is 2. The quantitative estimate of drug-likeness (QED) is 0.404. The van der Waals surface area contributed by atoms with E-state index in [1.54, 1.807) is 18.3 Å². The summed E-state index contributed by atoms with van der Waals surface area (Å²) in [7, 11) is 0. The zero-order chi connectivity index (χ0) is 24.9. The van der Waals surface area contributed by atoms with Gasteiger partial charge in [0.15, 0.2) is 0 Å². The Kier molecular flexibility index (Phi) is 7.18. The minimum atomic E-state index is -0.302. The number of carbonyl (C=O) groups excluding carboxylic acids is 1. The third-order valence-corrected chi connectivity index (χ3v) is 6.65. The van der Waals surface area contributed by atoms with Gasteiger partial charge in [0, 0.05) is 37.0 Å². The van der Waals surface area contributed by atoms with Gasteiger partial charge in [-0.1, -0.05) is 29.4 Å². The van der Waals surface area contributed by atoms with E-state index >= 15 is 0 Å². The van der Waals surface area contributed by atoms with Gasteiger partial charge in [-0.2, -0.15) is 4.98 Å². The number of carbonyl (C=O) groups is 1. The molecule has 1 aliphatic heterocycles. The van der Waals surface area contributed by atoms with Gasteiger partial charge >= 0.3 is 0 Å². The summed E-state index contributed by atoms with van der Waals surface area (Å²) in [4.78, 5) is 23.6. The van der Waals surface area contributed by atoms with Gasteiger partial charge in [0.1, 0.15) is 11.6 Å². The molecule has 0 saturated carbocycles. The zero-order valence-corrected chi connectivity index (χ0v) is 20.2. The van der Waals surface area contributed by atoms with Crippen LogP contribution in [0.2, 0.25) is 0 Å². The number of aryl methyl sites for hydroxylation is 1. The summed E-state index contributed by atoms with van der Waals surface area (Å²) >= 11 is 0. The number of piperidine rings is 1. The van der Waals surface area contributed by atoms with Crippen molar-refractivity contribution in [1.82, 2.24) is 29.9 Å². The van der Waals surface area contributed by atoms with Gasteiger partial charge < -0.3 is 14.4 Å². The number of nitrogens with zero attached hydrogens (tertiary/aromatic N) is 5. The van der Waals surface area contributed by atoms with Gasteiger partial charge in [0.05, 0.1) is 6.54 Å². The van der Waals surface area contributed by atoms with Crippen LogP contribution in [0.3, 0.4) is 0 Å². The summed E-state index contributed by atoms with van der Waals surface area (Å²) in [6, 6.07) is 14.3. The van der Waals surface area contributed by atoms with Crippen molar-refractivity contribution in [3.8, 4) is 11.4 Å². The molecule has 2 aromatic carbocycles. The van der Waals surface area contributed by atoms with Crippen LogP contribution in [0.5, 0.6) is 0 Å². The molecule has 36 heavy (non-hydrogen) atoms. The molecule has 4 aromatic rings. The van der Waals surface area contributed by atoms with Crippen LogP contribution in [0.25, 0.3) is 11.4 Å². The number of likely N-dealkylation sites (tertiary alicyclic amines) is 1. The Morgan fingerprint density at radius 2 is 1.78 bits per heavy atom. The molecular formula is C27H29FN6O2. The molecule has 0 spiro atoms. The monoisotopic (exact) mass is 488 g/mol. The van der Waals surface area contributed by atoms with E-state index < -0.39 is 0 Å². The van der Waals surface area contributed by atoms with E-state index in [2.05, 4.69) is 54.2 Å². The third-order valence-electron chi connectivity index (χ3n) is 6.65. The van der Waals surface area contributed by atoms with Crippen LogP contribution >= 0.6 is 0 Å². The molecule has 0 unspecified atom stereocenters. The highest BCUT2D eigenvalue weighted by Crippen LogP contribution is 2.21. The summed E-state index contributed by atoms with van der Waals surface area (Å²) in [5.41, 5.74) is 2.99. The Labute approximate surface area is 209 Å². The lowest BCUT2D eigenvalue weighted by Crippen LogP contribution is -2.40. The Hall–Kier alpha value is -3.85. The van der Waals surface area contributed by atoms with Crippen LogP contribution in [0.4, 0.5) is 4.39 Å². The summed E-state index contributed by atoms with van der Waals surface area (Å²) in [5.74, 6) is 1.76. The second-order valence-corrected chi connectivity index (χ2v) is 9.21. The minimum Gasteiger partial charge on any atom is -0.352 e. The molecule has 186 valence electrons. The molecule has 3 heterocycles. The van der Waals surface area contributed by atoms with Gasteiger partial charge in [0.25, 0.3) is 0 Å². The van der Waals surface area contributed by atoms with Crippen molar-refractivity contribution in [1.29, 1.82) is 0 Å². The number of aromatic nitrogens is 4. The Morgan fingerprint density at radius 3 is 2.47 bits per heavy atom. The fraction of sp³-hybridized carbons (Fsp3) is 0.333. The average molecular weight is 489 g/mol. The molecule has 1 fully saturated rings. The highest BCUT2D eigenvalue weighted by atomic mass is 19.1. The first-order valence-corrected chi connectivity index (χ1v) is 12.2. The number of halogens is 1. The highest BCUT2D eigenvalue weighted by molar-refractivity contribution is 5.78. The van der Waals surface area contributed by atoms with Crippen molar-refractivity contribution in [2.24, 2.45) is 5.92 Å². The SMILES string of the molecule is Cc1nccn1Cc1ccc(CNC(=O)C2CCN(Cc3nc(-c4ccc(F)cc4)no3)CC2)cc1. The molecule has 8 nitrogen and oxygen atoms in total. The van der Waals surface area contributed by atoms with Crippen molar-refractivity contribution in [3.05, 3.63) is 89.6 Å². The fourth-order valence-corrected chi connectivity index (χ4v) is 4.44. The molecular weight excluding hydrogens is 459 g/mol. The zero-order valence-electron chi connectivity index (χ0n) is 20.2. The molecule has 0 aliphatic carbocycles. The van der Waals surface area contributed by atoms with Crippen LogP contribution in [-0.2, 0) is 24.4 Å². The topological polar surface area (TPSA) is 89.1 Å². The van der Waals surface area contributed by atoms with E-state index in [1.807, 2.05) is 13.1 Å². The van der Waals surface area contributed by atoms with Crippen molar-refractivity contribution in [2.75, 3.05) is 13.1 Å². The molecule has 1 N–H and O–H groups in total. The van der Waals surface area contributed by atoms with Crippen molar-refractivity contribution < 1.29 is 13.7 Å². The molecule has 0 radical (unpaired) electrons. The van der Waals surface area contributed by atoms with E-state index in [0.717, 1.165) is 43.9 Å². The maximum Gasteiger partial charge on any atom is 0.241 e. The smallest absolute Gasteiger partial charge is 0.241 e. The number of nitrogens with one attached hydrogen (secondary N) is 1. The number of hydrogen-bond acceptors (Lipinski definition) is 6. The van der Waals surface area contributed by atoms with Gasteiger partial charge in [0.2, 0.25) is 17.6 Å². The van der Waals surface area contributed by atoms with E-state index in [-0.39, 0.29) is 17.6 Å². The summed E-state index contributed by atoms with van der Waals surface area (Å²) < 4.78 is 20.6. The summed E-state index contributed by atoms with van der Waals surface area (Å²) in [6.07, 6.45) is 5.35. The molecule has 0 bridgehead atoms. The van der Waals surface area contributed by atoms with Crippen LogP contribution < -0.4 is 5.32 Å². The largest absolute Gasteiger partial charge is 0.352 e. The van der Waals surface area contributed by atoms with Gasteiger partial charge in [-0.25, -0.2) is 9.37 Å². The summed E-state index contributed by atoms with van der Waals surface area (Å²) in [6.45, 7) is 5.41. The number of imidazole rings is 1. The van der Waals surface area contributed by atoms with Crippen LogP contribution in [0.1, 0.15) is 35.7 Å². The molecule has 2 aromatic heterocycles. The van der Waals surface area contributed by atoms with Gasteiger partial charge in [-0.05, 0) is 68.2 Å². The Morgan fingerprint density at radius 1 is 1.06 bits per heavy atom. The third kappa shape index (κ3) is 5.85. The second-order valence-electron chi connectivity index (χ2n) is 9.21. The predicted molar refractivity (Wildman–Crippen MR) is 132 cm³/mol. The first-order chi connectivity index (χ1) is 17.5. The lowest BCUT2D eigenvalue weighted by molar-refractivity contribution is -0.126. The lowest BCUT2D eigenvalue weighted by atomic mass is 9.96. The number of amides is 1. The lowest BCUT2D eigenvalue weighted by Gasteiger charge is -2.30. The molecule has 1 saturated heterocycles. The van der Waals surface area contributed by atoms with Crippen molar-refractivity contribution in [3.63, 3.8) is 0 Å². The Bertz CT molecular complexity index is 1290. The van der Waals surface area contributed by atoms with E-state index in [9.17, 15) is 9.18 Å². The van der Waals surface area contributed by atoms with E-state index in [0.29, 0.717) is 30.4 Å². The van der Waals surface area contributed by atoms with Crippen molar-refractivity contribution in [2.45, 2.75) is 39.4 Å². The standard InChI is InChI=1S/C27H29FN6O2/c1-19-29-12-15-34(19)17-21-4-2-20(3-5-21)16-30-27(35)23-10-13-33(14-11-23)18-25-31-26(32-36-25)22-6-8-24(28)9-7-22/h2-9,12,15,23H,10-11,13-14,16-18H2,1H3,(H,30,35). The van der Waals surface area contributed by atoms with E-state index in [4.69, 9.17) is 4.52 Å². The molecule has 1 aliphatic rings. The predicted octanol–water partition coefficient (Wildman–Crippen LogP) is 3.96. The first kappa shape index (κ1) is 23.9. The van der Waals surface area contributed by atoms with Gasteiger partial charge in [-0.3, -0.25) is 9.69 Å². The highest BCUT2D eigenvalue weighted by Gasteiger charge is 2.26. The van der Waals surface area contributed by atoms with Gasteiger partial charge in [-0.15, -0.1) is 0 Å². The fourth-order valence-electron chi connectivity index (χ4n) is 4.44. The maximum atomic E-state index is 13.1. The summed E-state index contributed by atoms with van der Waals surface area (Å²) in [5, 5.41) is 7.09. The maximum absolute atomic E-state index is 13.1. The van der Waals surface area contributed by atoms with Crippen LogP contribution in [0.15, 0.2) is 65.4 Å². The Balaban J connectivity index is 1.05. The molecule has 0 atom stereocenters. The van der Waals surface area contributed by atoms with Crippen LogP contribution in [0, 0.1) is 18.7 Å². The van der Waals surface area contributed by atoms with Crippen LogP contribution in [-0.4, -0.2) is 43.6 Å². The normalized spacial score (nSPS) is 14.7. The number of hydrogen-bond donors (Lipinski definition) is 1. The molecule has 9 heteroatoms. The molecule has 5 rings (SSSR count). The van der Waals surface area contributed by atoms with Crippen molar-refractivity contribution >= 4 is 5.91 Å². The average Bonchev–Trinajstić information content (AvgIpc) is 3.53. The van der Waals surface area contributed by atoms with E-state index in [1.165, 1.54) is 17.7 Å². The minimum absolute atomic E-state index is 0.00204.